The molecule has 5 nitrogen and oxygen atoms in total. The first-order valence-electron chi connectivity index (χ1n) is 4.94. The predicted octanol–water partition coefficient (Wildman–Crippen LogP) is 0.767. The Morgan fingerprint density at radius 3 is 2.86 bits per heavy atom. The van der Waals surface area contributed by atoms with Gasteiger partial charge in [0.25, 0.3) is 0 Å². The Labute approximate surface area is 82.5 Å². The SMILES string of the molecule is NC(=O)OCC1COC2(CCCC2)O1. The van der Waals surface area contributed by atoms with Crippen LogP contribution in [0.2, 0.25) is 0 Å². The summed E-state index contributed by atoms with van der Waals surface area (Å²) in [6.07, 6.45) is 3.26. The number of hydrogen-bond acceptors (Lipinski definition) is 4. The van der Waals surface area contributed by atoms with E-state index in [1.165, 1.54) is 0 Å². The lowest BCUT2D eigenvalue weighted by atomic mass is 10.2. The molecule has 1 heterocycles. The van der Waals surface area contributed by atoms with Crippen molar-refractivity contribution < 1.29 is 19.0 Å². The number of amides is 1. The van der Waals surface area contributed by atoms with Gasteiger partial charge in [-0.2, -0.15) is 0 Å². The smallest absolute Gasteiger partial charge is 0.404 e. The number of primary amides is 1. The van der Waals surface area contributed by atoms with E-state index in [1.807, 2.05) is 0 Å². The van der Waals surface area contributed by atoms with Crippen molar-refractivity contribution in [3.63, 3.8) is 0 Å². The molecule has 2 fully saturated rings. The highest BCUT2D eigenvalue weighted by Gasteiger charge is 2.43. The first kappa shape index (κ1) is 9.73. The highest BCUT2D eigenvalue weighted by atomic mass is 16.8. The molecule has 2 N–H and O–H groups in total. The van der Waals surface area contributed by atoms with Gasteiger partial charge in [0.1, 0.15) is 12.7 Å². The number of rotatable bonds is 2. The van der Waals surface area contributed by atoms with Crippen LogP contribution in [0, 0.1) is 0 Å². The minimum absolute atomic E-state index is 0.152. The quantitative estimate of drug-likeness (QED) is 0.716. The molecular formula is C9H15NO4. The molecule has 1 aliphatic carbocycles. The van der Waals surface area contributed by atoms with E-state index >= 15 is 0 Å². The molecule has 2 aliphatic rings. The number of carbonyl (C=O) groups excluding carboxylic acids is 1. The second-order valence-corrected chi connectivity index (χ2v) is 3.80. The molecule has 1 atom stereocenters. The maximum absolute atomic E-state index is 10.4. The molecule has 1 amide bonds. The zero-order chi connectivity index (χ0) is 10.0. The summed E-state index contributed by atoms with van der Waals surface area (Å²) in [5.41, 5.74) is 4.86. The monoisotopic (exact) mass is 201 g/mol. The van der Waals surface area contributed by atoms with Crippen LogP contribution in [0.5, 0.6) is 0 Å². The van der Waals surface area contributed by atoms with Crippen molar-refractivity contribution in [2.45, 2.75) is 37.6 Å². The molecule has 0 bridgehead atoms. The van der Waals surface area contributed by atoms with Crippen LogP contribution < -0.4 is 5.73 Å². The summed E-state index contributed by atoms with van der Waals surface area (Å²) in [6.45, 7) is 0.685. The summed E-state index contributed by atoms with van der Waals surface area (Å²) in [5, 5.41) is 0. The summed E-state index contributed by atoms with van der Waals surface area (Å²) in [5.74, 6) is -0.383. The third kappa shape index (κ3) is 1.99. The number of carbonyl (C=O) groups is 1. The first-order chi connectivity index (χ1) is 6.70. The number of nitrogens with two attached hydrogens (primary N) is 1. The average Bonchev–Trinajstić information content (AvgIpc) is 2.74. The Balaban J connectivity index is 1.79. The minimum Gasteiger partial charge on any atom is -0.447 e. The highest BCUT2D eigenvalue weighted by molar-refractivity contribution is 5.64. The van der Waals surface area contributed by atoms with Gasteiger partial charge in [-0.3, -0.25) is 0 Å². The van der Waals surface area contributed by atoms with Crippen LogP contribution in [0.15, 0.2) is 0 Å². The van der Waals surface area contributed by atoms with Crippen molar-refractivity contribution in [2.24, 2.45) is 5.73 Å². The molecule has 80 valence electrons. The standard InChI is InChI=1S/C9H15NO4/c10-8(11)12-5-7-6-13-9(14-7)3-1-2-4-9/h7H,1-6H2,(H2,10,11). The van der Waals surface area contributed by atoms with E-state index in [2.05, 4.69) is 4.74 Å². The molecule has 0 aromatic rings. The molecule has 1 saturated carbocycles. The minimum atomic E-state index is -0.763. The van der Waals surface area contributed by atoms with Gasteiger partial charge < -0.3 is 19.9 Å². The Kier molecular flexibility index (Phi) is 2.60. The lowest BCUT2D eigenvalue weighted by Gasteiger charge is -2.21. The molecule has 0 aromatic heterocycles. The van der Waals surface area contributed by atoms with Crippen LogP contribution in [0.1, 0.15) is 25.7 Å². The van der Waals surface area contributed by atoms with Crippen molar-refractivity contribution in [3.8, 4) is 0 Å². The summed E-state index contributed by atoms with van der Waals surface area (Å²) in [6, 6.07) is 0. The Bertz CT molecular complexity index is 225. The van der Waals surface area contributed by atoms with E-state index in [4.69, 9.17) is 15.2 Å². The van der Waals surface area contributed by atoms with E-state index in [0.717, 1.165) is 25.7 Å². The summed E-state index contributed by atoms with van der Waals surface area (Å²) in [4.78, 5) is 10.4. The van der Waals surface area contributed by atoms with Crippen LogP contribution in [-0.2, 0) is 14.2 Å². The fourth-order valence-corrected chi connectivity index (χ4v) is 2.05. The Morgan fingerprint density at radius 1 is 1.50 bits per heavy atom. The lowest BCUT2D eigenvalue weighted by molar-refractivity contribution is -0.165. The second kappa shape index (κ2) is 3.74. The lowest BCUT2D eigenvalue weighted by Crippen LogP contribution is -2.29. The summed E-state index contributed by atoms with van der Waals surface area (Å²) >= 11 is 0. The molecule has 0 aromatic carbocycles. The van der Waals surface area contributed by atoms with E-state index in [9.17, 15) is 4.79 Å². The van der Waals surface area contributed by atoms with Crippen molar-refractivity contribution in [2.75, 3.05) is 13.2 Å². The van der Waals surface area contributed by atoms with Gasteiger partial charge in [0.05, 0.1) is 6.61 Å². The molecule has 1 unspecified atom stereocenters. The van der Waals surface area contributed by atoms with E-state index in [0.29, 0.717) is 6.61 Å². The van der Waals surface area contributed by atoms with Crippen molar-refractivity contribution in [1.82, 2.24) is 0 Å². The van der Waals surface area contributed by atoms with Gasteiger partial charge in [0.15, 0.2) is 5.79 Å². The zero-order valence-electron chi connectivity index (χ0n) is 8.03. The topological polar surface area (TPSA) is 70.8 Å². The molecule has 14 heavy (non-hydrogen) atoms. The van der Waals surface area contributed by atoms with E-state index < -0.39 is 6.09 Å². The van der Waals surface area contributed by atoms with E-state index in [1.54, 1.807) is 0 Å². The largest absolute Gasteiger partial charge is 0.447 e. The second-order valence-electron chi connectivity index (χ2n) is 3.80. The fraction of sp³-hybridized carbons (Fsp3) is 0.889. The van der Waals surface area contributed by atoms with Crippen molar-refractivity contribution in [3.05, 3.63) is 0 Å². The van der Waals surface area contributed by atoms with Crippen molar-refractivity contribution >= 4 is 6.09 Å². The van der Waals surface area contributed by atoms with Crippen LogP contribution in [0.4, 0.5) is 4.79 Å². The van der Waals surface area contributed by atoms with Gasteiger partial charge in [-0.15, -0.1) is 0 Å². The molecule has 1 spiro atoms. The van der Waals surface area contributed by atoms with Gasteiger partial charge in [-0.25, -0.2) is 4.79 Å². The molecule has 2 rings (SSSR count). The van der Waals surface area contributed by atoms with Gasteiger partial charge in [0, 0.05) is 12.8 Å². The normalized spacial score (nSPS) is 29.6. The van der Waals surface area contributed by atoms with Crippen molar-refractivity contribution in [1.29, 1.82) is 0 Å². The maximum Gasteiger partial charge on any atom is 0.404 e. The van der Waals surface area contributed by atoms with Crippen LogP contribution >= 0.6 is 0 Å². The third-order valence-electron chi connectivity index (χ3n) is 2.69. The van der Waals surface area contributed by atoms with Crippen LogP contribution in [0.25, 0.3) is 0 Å². The number of ether oxygens (including phenoxy) is 3. The zero-order valence-corrected chi connectivity index (χ0v) is 8.03. The molecule has 5 heteroatoms. The molecule has 1 saturated heterocycles. The van der Waals surface area contributed by atoms with Gasteiger partial charge in [0.2, 0.25) is 0 Å². The predicted molar refractivity (Wildman–Crippen MR) is 47.6 cm³/mol. The summed E-state index contributed by atoms with van der Waals surface area (Å²) < 4.78 is 16.0. The van der Waals surface area contributed by atoms with Crippen LogP contribution in [0.3, 0.4) is 0 Å². The van der Waals surface area contributed by atoms with Gasteiger partial charge in [-0.1, -0.05) is 0 Å². The maximum atomic E-state index is 10.4. The summed E-state index contributed by atoms with van der Waals surface area (Å²) in [7, 11) is 0. The molecule has 0 radical (unpaired) electrons. The molecular weight excluding hydrogens is 186 g/mol. The highest BCUT2D eigenvalue weighted by Crippen LogP contribution is 2.39. The third-order valence-corrected chi connectivity index (χ3v) is 2.69. The van der Waals surface area contributed by atoms with E-state index in [-0.39, 0.29) is 18.5 Å². The van der Waals surface area contributed by atoms with Gasteiger partial charge in [-0.05, 0) is 12.8 Å². The fourth-order valence-electron chi connectivity index (χ4n) is 2.05. The molecule has 1 aliphatic heterocycles. The first-order valence-corrected chi connectivity index (χ1v) is 4.94. The average molecular weight is 201 g/mol. The Hall–Kier alpha value is -0.810. The van der Waals surface area contributed by atoms with Gasteiger partial charge >= 0.3 is 6.09 Å². The Morgan fingerprint density at radius 2 is 2.21 bits per heavy atom. The number of hydrogen-bond donors (Lipinski definition) is 1. The van der Waals surface area contributed by atoms with Crippen LogP contribution in [-0.4, -0.2) is 31.2 Å².